The molecule has 16 heavy (non-hydrogen) atoms. The number of nitrogens with zero attached hydrogens (tertiary/aromatic N) is 2. The van der Waals surface area contributed by atoms with Crippen LogP contribution in [0.3, 0.4) is 0 Å². The normalized spacial score (nSPS) is 24.9. The minimum absolute atomic E-state index is 0.184. The molecule has 2 fully saturated rings. The molecule has 0 spiro atoms. The molecule has 0 N–H and O–H groups in total. The van der Waals surface area contributed by atoms with Crippen LogP contribution < -0.4 is 0 Å². The maximum absolute atomic E-state index is 4.25. The minimum atomic E-state index is -0.184. The van der Waals surface area contributed by atoms with Crippen molar-refractivity contribution in [1.82, 2.24) is 9.34 Å². The van der Waals surface area contributed by atoms with Gasteiger partial charge in [0.1, 0.15) is 0 Å². The van der Waals surface area contributed by atoms with Crippen molar-refractivity contribution in [3.63, 3.8) is 0 Å². The highest BCUT2D eigenvalue weighted by molar-refractivity contribution is 7.57. The topological polar surface area (TPSA) is 6.48 Å². The lowest BCUT2D eigenvalue weighted by Crippen LogP contribution is -2.35. The van der Waals surface area contributed by atoms with Crippen LogP contribution in [0.5, 0.6) is 0 Å². The molecule has 0 saturated carbocycles. The first-order chi connectivity index (χ1) is 7.79. The van der Waals surface area contributed by atoms with Gasteiger partial charge in [0.25, 0.3) is 0 Å². The van der Waals surface area contributed by atoms with Crippen molar-refractivity contribution in [3.8, 4) is 0 Å². The average Bonchev–Trinajstić information content (AvgIpc) is 2.31. The Balaban J connectivity index is 1.99. The summed E-state index contributed by atoms with van der Waals surface area (Å²) in [6.07, 6.45) is 8.41. The van der Waals surface area contributed by atoms with E-state index in [0.29, 0.717) is 0 Å². The van der Waals surface area contributed by atoms with Crippen LogP contribution in [0, 0.1) is 0 Å². The van der Waals surface area contributed by atoms with Crippen LogP contribution in [-0.4, -0.2) is 35.5 Å². The fraction of sp³-hybridized carbons (Fsp3) is 0.846. The smallest absolute Gasteiger partial charge is 0.0672 e. The summed E-state index contributed by atoms with van der Waals surface area (Å²) in [5.41, 5.74) is 0. The molecule has 0 unspecified atom stereocenters. The molecular formula is C13H25N2P. The summed E-state index contributed by atoms with van der Waals surface area (Å²) in [7, 11) is -0.184. The van der Waals surface area contributed by atoms with Gasteiger partial charge in [0, 0.05) is 26.2 Å². The molecule has 2 aliphatic rings. The molecule has 0 aromatic carbocycles. The maximum Gasteiger partial charge on any atom is 0.0672 e. The largest absolute Gasteiger partial charge is 0.267 e. The molecule has 92 valence electrons. The highest BCUT2D eigenvalue weighted by atomic mass is 31.1. The Hall–Kier alpha value is 0.0900. The predicted molar refractivity (Wildman–Crippen MR) is 72.6 cm³/mol. The molecule has 0 aromatic rings. The highest BCUT2D eigenvalue weighted by Gasteiger charge is 2.28. The Labute approximate surface area is 102 Å². The van der Waals surface area contributed by atoms with E-state index in [2.05, 4.69) is 22.8 Å². The van der Waals surface area contributed by atoms with Crippen LogP contribution in [0.4, 0.5) is 0 Å². The first-order valence-electron chi connectivity index (χ1n) is 6.74. The third-order valence-corrected chi connectivity index (χ3v) is 6.10. The zero-order valence-electron chi connectivity index (χ0n) is 10.6. The summed E-state index contributed by atoms with van der Waals surface area (Å²) in [5.74, 6) is 0. The van der Waals surface area contributed by atoms with Crippen molar-refractivity contribution in [2.45, 2.75) is 45.4 Å². The van der Waals surface area contributed by atoms with E-state index < -0.39 is 0 Å². The lowest BCUT2D eigenvalue weighted by atomic mass is 10.2. The van der Waals surface area contributed by atoms with Gasteiger partial charge in [0.2, 0.25) is 0 Å². The summed E-state index contributed by atoms with van der Waals surface area (Å²) in [5, 5.41) is 1.40. The second kappa shape index (κ2) is 6.14. The second-order valence-electron chi connectivity index (χ2n) is 5.05. The van der Waals surface area contributed by atoms with Gasteiger partial charge in [-0.1, -0.05) is 19.4 Å². The third-order valence-electron chi connectivity index (χ3n) is 3.54. The second-order valence-corrected chi connectivity index (χ2v) is 7.53. The van der Waals surface area contributed by atoms with Gasteiger partial charge in [-0.2, -0.15) is 0 Å². The predicted octanol–water partition coefficient (Wildman–Crippen LogP) is 3.80. The van der Waals surface area contributed by atoms with Gasteiger partial charge < -0.3 is 0 Å². The van der Waals surface area contributed by atoms with Crippen LogP contribution in [0.15, 0.2) is 11.9 Å². The average molecular weight is 240 g/mol. The van der Waals surface area contributed by atoms with E-state index in [9.17, 15) is 0 Å². The summed E-state index contributed by atoms with van der Waals surface area (Å²) in [4.78, 5) is 0. The van der Waals surface area contributed by atoms with Crippen molar-refractivity contribution in [2.24, 2.45) is 0 Å². The standard InChI is InChI=1S/C13H25N2P/c1-13(2)16(14-9-5-3-6-10-14)15-11-7-4-8-12-15/h1,3-12H2,2H3. The molecule has 0 radical (unpaired) electrons. The molecule has 2 nitrogen and oxygen atoms in total. The van der Waals surface area contributed by atoms with Crippen LogP contribution in [0.1, 0.15) is 45.4 Å². The third kappa shape index (κ3) is 3.06. The van der Waals surface area contributed by atoms with Gasteiger partial charge in [0.05, 0.1) is 8.22 Å². The van der Waals surface area contributed by atoms with Crippen LogP contribution in [0.25, 0.3) is 0 Å². The van der Waals surface area contributed by atoms with E-state index >= 15 is 0 Å². The van der Waals surface area contributed by atoms with Gasteiger partial charge in [-0.3, -0.25) is 9.34 Å². The Morgan fingerprint density at radius 3 is 1.50 bits per heavy atom. The molecule has 2 heterocycles. The number of allylic oxidation sites excluding steroid dienone is 1. The first-order valence-corrected chi connectivity index (χ1v) is 7.99. The minimum Gasteiger partial charge on any atom is -0.267 e. The number of hydrogen-bond acceptors (Lipinski definition) is 2. The van der Waals surface area contributed by atoms with Crippen molar-refractivity contribution in [3.05, 3.63) is 11.9 Å². The summed E-state index contributed by atoms with van der Waals surface area (Å²) in [6, 6.07) is 0. The summed E-state index contributed by atoms with van der Waals surface area (Å²) in [6.45, 7) is 11.7. The Morgan fingerprint density at radius 1 is 0.812 bits per heavy atom. The Kier molecular flexibility index (Phi) is 4.81. The van der Waals surface area contributed by atoms with E-state index in [1.807, 2.05) is 0 Å². The molecule has 0 amide bonds. The SMILES string of the molecule is C=C(C)P(N1CCCCC1)N1CCCCC1. The highest BCUT2D eigenvalue weighted by Crippen LogP contribution is 2.52. The van der Waals surface area contributed by atoms with Gasteiger partial charge in [-0.15, -0.1) is 0 Å². The number of hydrogen-bond donors (Lipinski definition) is 0. The van der Waals surface area contributed by atoms with E-state index in [-0.39, 0.29) is 8.22 Å². The molecular weight excluding hydrogens is 215 g/mol. The van der Waals surface area contributed by atoms with E-state index in [1.54, 1.807) is 0 Å². The van der Waals surface area contributed by atoms with Crippen molar-refractivity contribution in [2.75, 3.05) is 26.2 Å². The molecule has 0 bridgehead atoms. The number of piperidine rings is 2. The Morgan fingerprint density at radius 2 is 1.19 bits per heavy atom. The molecule has 0 aromatic heterocycles. The fourth-order valence-corrected chi connectivity index (χ4v) is 5.44. The first kappa shape index (κ1) is 12.5. The van der Waals surface area contributed by atoms with Gasteiger partial charge >= 0.3 is 0 Å². The van der Waals surface area contributed by atoms with E-state index in [1.165, 1.54) is 70.0 Å². The Bertz CT molecular complexity index is 212. The van der Waals surface area contributed by atoms with E-state index in [4.69, 9.17) is 0 Å². The van der Waals surface area contributed by atoms with Crippen LogP contribution in [-0.2, 0) is 0 Å². The van der Waals surface area contributed by atoms with Crippen molar-refractivity contribution < 1.29 is 0 Å². The van der Waals surface area contributed by atoms with Gasteiger partial charge in [-0.05, 0) is 37.9 Å². The molecule has 2 saturated heterocycles. The van der Waals surface area contributed by atoms with Crippen LogP contribution >= 0.6 is 8.22 Å². The zero-order chi connectivity index (χ0) is 11.4. The quantitative estimate of drug-likeness (QED) is 0.692. The summed E-state index contributed by atoms with van der Waals surface area (Å²) < 4.78 is 5.43. The van der Waals surface area contributed by atoms with Gasteiger partial charge in [-0.25, -0.2) is 0 Å². The van der Waals surface area contributed by atoms with Crippen molar-refractivity contribution >= 4 is 8.22 Å². The lowest BCUT2D eigenvalue weighted by Gasteiger charge is -2.42. The molecule has 2 rings (SSSR count). The fourth-order valence-electron chi connectivity index (χ4n) is 2.80. The van der Waals surface area contributed by atoms with Crippen molar-refractivity contribution in [1.29, 1.82) is 0 Å². The lowest BCUT2D eigenvalue weighted by molar-refractivity contribution is 0.313. The molecule has 3 heteroatoms. The zero-order valence-corrected chi connectivity index (χ0v) is 11.5. The monoisotopic (exact) mass is 240 g/mol. The molecule has 2 aliphatic heterocycles. The molecule has 0 aliphatic carbocycles. The summed E-state index contributed by atoms with van der Waals surface area (Å²) >= 11 is 0. The van der Waals surface area contributed by atoms with Crippen LogP contribution in [0.2, 0.25) is 0 Å². The molecule has 0 atom stereocenters. The number of rotatable bonds is 3. The van der Waals surface area contributed by atoms with Gasteiger partial charge in [0.15, 0.2) is 0 Å². The van der Waals surface area contributed by atoms with E-state index in [0.717, 1.165) is 0 Å². The maximum atomic E-state index is 4.25.